The van der Waals surface area contributed by atoms with Crippen molar-refractivity contribution in [3.63, 3.8) is 0 Å². The summed E-state index contributed by atoms with van der Waals surface area (Å²) in [5.41, 5.74) is -0.177. The van der Waals surface area contributed by atoms with Crippen LogP contribution in [0.15, 0.2) is 23.1 Å². The van der Waals surface area contributed by atoms with Crippen LogP contribution < -0.4 is 0 Å². The molecule has 0 aliphatic heterocycles. The molecule has 1 aromatic carbocycles. The quantitative estimate of drug-likeness (QED) is 0.473. The standard InChI is InChI=1S/C9H8ClNO6S/c1-2-6-4-3-5-7(8(6)18(10,15)16)9(12)17-11(13)14/h3-5H,2H2,1H3. The molecule has 7 nitrogen and oxygen atoms in total. The minimum atomic E-state index is -4.21. The van der Waals surface area contributed by atoms with Gasteiger partial charge in [-0.15, -0.1) is 10.1 Å². The number of hydrogen-bond acceptors (Lipinski definition) is 6. The first kappa shape index (κ1) is 14.4. The first-order valence-electron chi connectivity index (χ1n) is 4.70. The molecule has 0 N–H and O–H groups in total. The van der Waals surface area contributed by atoms with E-state index in [0.29, 0.717) is 6.42 Å². The van der Waals surface area contributed by atoms with Crippen molar-refractivity contribution in [3.05, 3.63) is 39.4 Å². The molecule has 0 unspecified atom stereocenters. The fourth-order valence-corrected chi connectivity index (χ4v) is 2.92. The molecule has 98 valence electrons. The molecule has 0 saturated carbocycles. The maximum atomic E-state index is 11.4. The lowest BCUT2D eigenvalue weighted by atomic mass is 10.1. The Morgan fingerprint density at radius 1 is 1.50 bits per heavy atom. The molecule has 9 heteroatoms. The molecule has 0 bridgehead atoms. The van der Waals surface area contributed by atoms with Crippen LogP contribution in [-0.4, -0.2) is 19.5 Å². The zero-order chi connectivity index (χ0) is 13.9. The van der Waals surface area contributed by atoms with Gasteiger partial charge in [0.15, 0.2) is 0 Å². The van der Waals surface area contributed by atoms with Gasteiger partial charge in [0, 0.05) is 10.7 Å². The smallest absolute Gasteiger partial charge is 0.263 e. The summed E-state index contributed by atoms with van der Waals surface area (Å²) in [7, 11) is 1.01. The Labute approximate surface area is 107 Å². The van der Waals surface area contributed by atoms with Crippen LogP contribution in [0.1, 0.15) is 22.8 Å². The Balaban J connectivity index is 3.45. The fourth-order valence-electron chi connectivity index (χ4n) is 1.43. The number of nitrogens with zero attached hydrogens (tertiary/aromatic N) is 1. The van der Waals surface area contributed by atoms with Crippen molar-refractivity contribution in [1.29, 1.82) is 0 Å². The van der Waals surface area contributed by atoms with Gasteiger partial charge >= 0.3 is 11.1 Å². The fraction of sp³-hybridized carbons (Fsp3) is 0.222. The highest BCUT2D eigenvalue weighted by molar-refractivity contribution is 8.13. The van der Waals surface area contributed by atoms with Gasteiger partial charge in [0.25, 0.3) is 9.05 Å². The first-order chi connectivity index (χ1) is 8.27. The second-order valence-electron chi connectivity index (χ2n) is 3.19. The molecule has 0 aliphatic carbocycles. The SMILES string of the molecule is CCc1cccc(C(=O)O[N+](=O)[O-])c1S(=O)(=O)Cl. The lowest BCUT2D eigenvalue weighted by molar-refractivity contribution is -0.727. The molecular formula is C9H8ClNO6S. The summed E-state index contributed by atoms with van der Waals surface area (Å²) < 4.78 is 22.8. The van der Waals surface area contributed by atoms with Crippen molar-refractivity contribution in [1.82, 2.24) is 0 Å². The van der Waals surface area contributed by atoms with Crippen molar-refractivity contribution < 1.29 is 23.1 Å². The van der Waals surface area contributed by atoms with Crippen LogP contribution in [0.2, 0.25) is 0 Å². The number of benzene rings is 1. The molecule has 1 rings (SSSR count). The highest BCUT2D eigenvalue weighted by Gasteiger charge is 2.25. The maximum absolute atomic E-state index is 11.4. The lowest BCUT2D eigenvalue weighted by Gasteiger charge is -2.08. The van der Waals surface area contributed by atoms with Gasteiger partial charge in [-0.3, -0.25) is 4.79 Å². The summed E-state index contributed by atoms with van der Waals surface area (Å²) in [4.78, 5) is 24.8. The predicted octanol–water partition coefficient (Wildman–Crippen LogP) is 1.52. The van der Waals surface area contributed by atoms with Gasteiger partial charge in [-0.2, -0.15) is 0 Å². The Morgan fingerprint density at radius 2 is 2.11 bits per heavy atom. The highest BCUT2D eigenvalue weighted by atomic mass is 35.7. The van der Waals surface area contributed by atoms with Crippen molar-refractivity contribution in [3.8, 4) is 0 Å². The molecule has 1 aromatic rings. The third-order valence-electron chi connectivity index (χ3n) is 2.10. The summed E-state index contributed by atoms with van der Waals surface area (Å²) in [6, 6.07) is 3.94. The number of carbonyl (C=O) groups excluding carboxylic acids is 1. The first-order valence-corrected chi connectivity index (χ1v) is 7.01. The van der Waals surface area contributed by atoms with Gasteiger partial charge in [-0.1, -0.05) is 19.1 Å². The molecule has 0 aromatic heterocycles. The van der Waals surface area contributed by atoms with Crippen LogP contribution in [0.4, 0.5) is 0 Å². The Morgan fingerprint density at radius 3 is 2.56 bits per heavy atom. The summed E-state index contributed by atoms with van der Waals surface area (Å²) in [5, 5.41) is 8.76. The summed E-state index contributed by atoms with van der Waals surface area (Å²) in [6.07, 6.45) is 0.293. The van der Waals surface area contributed by atoms with E-state index in [2.05, 4.69) is 4.84 Å². The number of halogens is 1. The van der Waals surface area contributed by atoms with Crippen molar-refractivity contribution in [2.75, 3.05) is 0 Å². The Bertz CT molecular complexity index is 597. The molecule has 0 fully saturated rings. The summed E-state index contributed by atoms with van der Waals surface area (Å²) >= 11 is 0. The molecule has 0 saturated heterocycles. The summed E-state index contributed by atoms with van der Waals surface area (Å²) in [6.45, 7) is 1.66. The molecule has 0 radical (unpaired) electrons. The number of rotatable bonds is 4. The minimum Gasteiger partial charge on any atom is -0.263 e. The van der Waals surface area contributed by atoms with Crippen LogP contribution in [0, 0.1) is 10.1 Å². The summed E-state index contributed by atoms with van der Waals surface area (Å²) in [5.74, 6) is -1.38. The van der Waals surface area contributed by atoms with Gasteiger partial charge in [-0.25, -0.2) is 13.3 Å². The van der Waals surface area contributed by atoms with Crippen LogP contribution >= 0.6 is 10.7 Å². The predicted molar refractivity (Wildman–Crippen MR) is 61.3 cm³/mol. The van der Waals surface area contributed by atoms with Crippen LogP contribution in [-0.2, 0) is 20.3 Å². The van der Waals surface area contributed by atoms with Gasteiger partial charge in [-0.05, 0) is 18.1 Å². The van der Waals surface area contributed by atoms with E-state index in [0.717, 1.165) is 6.07 Å². The van der Waals surface area contributed by atoms with E-state index in [-0.39, 0.29) is 5.56 Å². The zero-order valence-electron chi connectivity index (χ0n) is 9.12. The van der Waals surface area contributed by atoms with Gasteiger partial charge in [0.2, 0.25) is 0 Å². The Hall–Kier alpha value is -1.67. The minimum absolute atomic E-state index is 0.280. The number of carbonyl (C=O) groups is 1. The van der Waals surface area contributed by atoms with Crippen LogP contribution in [0.3, 0.4) is 0 Å². The topological polar surface area (TPSA) is 104 Å². The average molecular weight is 294 g/mol. The second-order valence-corrected chi connectivity index (χ2v) is 5.69. The van der Waals surface area contributed by atoms with Crippen molar-refractivity contribution in [2.24, 2.45) is 0 Å². The molecule has 0 heterocycles. The van der Waals surface area contributed by atoms with E-state index in [1.807, 2.05) is 0 Å². The molecule has 18 heavy (non-hydrogen) atoms. The van der Waals surface area contributed by atoms with E-state index in [4.69, 9.17) is 10.7 Å². The van der Waals surface area contributed by atoms with E-state index >= 15 is 0 Å². The van der Waals surface area contributed by atoms with E-state index in [1.165, 1.54) is 12.1 Å². The molecule has 0 atom stereocenters. The monoisotopic (exact) mass is 293 g/mol. The second kappa shape index (κ2) is 5.32. The van der Waals surface area contributed by atoms with E-state index in [9.17, 15) is 23.3 Å². The van der Waals surface area contributed by atoms with Gasteiger partial charge in [0.05, 0.1) is 10.5 Å². The third-order valence-corrected chi connectivity index (χ3v) is 3.53. The molecular weight excluding hydrogens is 286 g/mol. The van der Waals surface area contributed by atoms with Crippen molar-refractivity contribution >= 4 is 25.7 Å². The van der Waals surface area contributed by atoms with Crippen LogP contribution in [0.5, 0.6) is 0 Å². The zero-order valence-corrected chi connectivity index (χ0v) is 10.7. The van der Waals surface area contributed by atoms with Crippen LogP contribution in [0.25, 0.3) is 0 Å². The number of hydrogen-bond donors (Lipinski definition) is 0. The number of aryl methyl sites for hydroxylation is 1. The van der Waals surface area contributed by atoms with E-state index < -0.39 is 30.6 Å². The van der Waals surface area contributed by atoms with E-state index in [1.54, 1.807) is 6.92 Å². The Kier molecular flexibility index (Phi) is 4.25. The molecule has 0 aliphatic rings. The van der Waals surface area contributed by atoms with Gasteiger partial charge < -0.3 is 0 Å². The molecule has 0 spiro atoms. The third kappa shape index (κ3) is 3.17. The average Bonchev–Trinajstić information content (AvgIpc) is 2.25. The maximum Gasteiger partial charge on any atom is 0.335 e. The molecule has 0 amide bonds. The highest BCUT2D eigenvalue weighted by Crippen LogP contribution is 2.25. The normalized spacial score (nSPS) is 11.0. The van der Waals surface area contributed by atoms with Crippen molar-refractivity contribution in [2.45, 2.75) is 18.2 Å². The lowest BCUT2D eigenvalue weighted by Crippen LogP contribution is -2.14. The largest absolute Gasteiger partial charge is 0.335 e. The van der Waals surface area contributed by atoms with Gasteiger partial charge in [0.1, 0.15) is 0 Å².